The Labute approximate surface area is 138 Å². The quantitative estimate of drug-likeness (QED) is 0.624. The fourth-order valence-electron chi connectivity index (χ4n) is 2.79. The number of hydrogen-bond donors (Lipinski definition) is 0. The maximum absolute atomic E-state index is 12.6. The summed E-state index contributed by atoms with van der Waals surface area (Å²) in [5, 5.41) is 0. The molecule has 0 aromatic heterocycles. The van der Waals surface area contributed by atoms with E-state index in [-0.39, 0.29) is 18.2 Å². The van der Waals surface area contributed by atoms with Crippen molar-refractivity contribution < 1.29 is 19.2 Å². The van der Waals surface area contributed by atoms with Gasteiger partial charge in [0.2, 0.25) is 5.91 Å². The van der Waals surface area contributed by atoms with Crippen LogP contribution in [0, 0.1) is 5.92 Å². The summed E-state index contributed by atoms with van der Waals surface area (Å²) in [6.07, 6.45) is 1.80. The summed E-state index contributed by atoms with van der Waals surface area (Å²) in [4.78, 5) is 47.6. The minimum absolute atomic E-state index is 0.0381. The Morgan fingerprint density at radius 1 is 0.875 bits per heavy atom. The fourth-order valence-corrected chi connectivity index (χ4v) is 2.79. The highest BCUT2D eigenvalue weighted by atomic mass is 16.2. The van der Waals surface area contributed by atoms with E-state index in [1.165, 1.54) is 4.90 Å². The largest absolute Gasteiger partial charge is 0.304 e. The van der Waals surface area contributed by atoms with E-state index in [2.05, 4.69) is 0 Å². The van der Waals surface area contributed by atoms with Crippen LogP contribution in [0.5, 0.6) is 0 Å². The van der Waals surface area contributed by atoms with E-state index in [0.717, 1.165) is 18.1 Å². The van der Waals surface area contributed by atoms with Crippen LogP contribution in [-0.4, -0.2) is 30.8 Å². The third kappa shape index (κ3) is 3.01. The summed E-state index contributed by atoms with van der Waals surface area (Å²) in [6.45, 7) is 0.0381. The van der Waals surface area contributed by atoms with E-state index >= 15 is 0 Å². The maximum Gasteiger partial charge on any atom is 0.238 e. The van der Waals surface area contributed by atoms with E-state index in [4.69, 9.17) is 0 Å². The van der Waals surface area contributed by atoms with Gasteiger partial charge in [0, 0.05) is 16.8 Å². The molecule has 1 unspecified atom stereocenters. The smallest absolute Gasteiger partial charge is 0.238 e. The molecule has 5 nitrogen and oxygen atoms in total. The van der Waals surface area contributed by atoms with Crippen molar-refractivity contribution in [3.63, 3.8) is 0 Å². The molecule has 0 spiro atoms. The minimum Gasteiger partial charge on any atom is -0.304 e. The Hall–Kier alpha value is -3.08. The van der Waals surface area contributed by atoms with Gasteiger partial charge in [0.15, 0.2) is 5.78 Å². The summed E-state index contributed by atoms with van der Waals surface area (Å²) in [6, 6.07) is 13.4. The molecule has 1 atom stereocenters. The average molecular weight is 321 g/mol. The molecule has 5 heteroatoms. The normalized spacial score (nSPS) is 17.2. The molecule has 2 aromatic carbocycles. The van der Waals surface area contributed by atoms with Crippen LogP contribution in [-0.2, 0) is 16.0 Å². The van der Waals surface area contributed by atoms with E-state index in [1.54, 1.807) is 48.5 Å². The number of carbonyl (C=O) groups excluding carboxylic acids is 4. The summed E-state index contributed by atoms with van der Waals surface area (Å²) in [7, 11) is 0. The average Bonchev–Trinajstić information content (AvgIpc) is 2.90. The molecule has 0 saturated carbocycles. The molecule has 1 saturated heterocycles. The van der Waals surface area contributed by atoms with E-state index < -0.39 is 5.92 Å². The molecule has 24 heavy (non-hydrogen) atoms. The van der Waals surface area contributed by atoms with Gasteiger partial charge in [-0.1, -0.05) is 24.3 Å². The zero-order valence-electron chi connectivity index (χ0n) is 12.8. The number of anilines is 1. The summed E-state index contributed by atoms with van der Waals surface area (Å²) < 4.78 is 0. The minimum atomic E-state index is -0.710. The van der Waals surface area contributed by atoms with Gasteiger partial charge < -0.3 is 4.90 Å². The second kappa shape index (κ2) is 6.58. The summed E-state index contributed by atoms with van der Waals surface area (Å²) in [5.41, 5.74) is 2.52. The molecule has 1 fully saturated rings. The highest BCUT2D eigenvalue weighted by Crippen LogP contribution is 2.25. The number of ketones is 1. The van der Waals surface area contributed by atoms with Crippen molar-refractivity contribution in [3.8, 4) is 0 Å². The number of hydrogen-bond acceptors (Lipinski definition) is 4. The second-order valence-corrected chi connectivity index (χ2v) is 5.72. The van der Waals surface area contributed by atoms with Crippen LogP contribution >= 0.6 is 0 Å². The van der Waals surface area contributed by atoms with Crippen LogP contribution in [0.25, 0.3) is 0 Å². The van der Waals surface area contributed by atoms with Gasteiger partial charge in [0.25, 0.3) is 0 Å². The van der Waals surface area contributed by atoms with Gasteiger partial charge in [0.1, 0.15) is 18.5 Å². The van der Waals surface area contributed by atoms with Crippen LogP contribution < -0.4 is 4.90 Å². The number of Topliss-reactive ketones (excluding diaryl/α,β-unsaturated/α-hetero) is 1. The number of aldehydes is 2. The van der Waals surface area contributed by atoms with Gasteiger partial charge in [-0.25, -0.2) is 0 Å². The molecule has 2 aromatic rings. The van der Waals surface area contributed by atoms with Crippen LogP contribution in [0.4, 0.5) is 5.69 Å². The first-order valence-electron chi connectivity index (χ1n) is 7.56. The Kier molecular flexibility index (Phi) is 4.33. The SMILES string of the molecule is O=Cc1ccc(CC2C(=O)CN(c3ccc(C=O)cc3)C2=O)cc1. The monoisotopic (exact) mass is 321 g/mol. The molecular formula is C19H15NO4. The lowest BCUT2D eigenvalue weighted by molar-refractivity contribution is -0.126. The number of benzene rings is 2. The van der Waals surface area contributed by atoms with Crippen molar-refractivity contribution in [2.24, 2.45) is 5.92 Å². The lowest BCUT2D eigenvalue weighted by Gasteiger charge is -2.16. The van der Waals surface area contributed by atoms with Gasteiger partial charge >= 0.3 is 0 Å². The molecule has 1 heterocycles. The lowest BCUT2D eigenvalue weighted by Crippen LogP contribution is -2.27. The van der Waals surface area contributed by atoms with Gasteiger partial charge in [-0.05, 0) is 36.2 Å². The summed E-state index contributed by atoms with van der Waals surface area (Å²) in [5.74, 6) is -1.07. The molecule has 0 N–H and O–H groups in total. The van der Waals surface area contributed by atoms with Crippen molar-refractivity contribution in [3.05, 3.63) is 65.2 Å². The third-order valence-electron chi connectivity index (χ3n) is 4.16. The van der Waals surface area contributed by atoms with Crippen molar-refractivity contribution in [1.82, 2.24) is 0 Å². The molecule has 120 valence electrons. The topological polar surface area (TPSA) is 71.5 Å². The van der Waals surface area contributed by atoms with Crippen LogP contribution in [0.2, 0.25) is 0 Å². The first kappa shape index (κ1) is 15.8. The molecule has 1 aliphatic rings. The first-order valence-corrected chi connectivity index (χ1v) is 7.56. The number of carbonyl (C=O) groups is 4. The fraction of sp³-hybridized carbons (Fsp3) is 0.158. The molecule has 0 radical (unpaired) electrons. The number of nitrogens with zero attached hydrogens (tertiary/aromatic N) is 1. The molecule has 3 rings (SSSR count). The van der Waals surface area contributed by atoms with E-state index in [9.17, 15) is 19.2 Å². The zero-order valence-corrected chi connectivity index (χ0v) is 12.8. The molecule has 1 amide bonds. The van der Waals surface area contributed by atoms with Gasteiger partial charge in [-0.2, -0.15) is 0 Å². The Balaban J connectivity index is 1.77. The van der Waals surface area contributed by atoms with Crippen molar-refractivity contribution in [1.29, 1.82) is 0 Å². The zero-order chi connectivity index (χ0) is 17.1. The predicted octanol–water partition coefficient (Wildman–Crippen LogP) is 2.09. The first-order chi connectivity index (χ1) is 11.6. The van der Waals surface area contributed by atoms with Gasteiger partial charge in [-0.3, -0.25) is 19.2 Å². The predicted molar refractivity (Wildman–Crippen MR) is 88.2 cm³/mol. The Morgan fingerprint density at radius 2 is 1.42 bits per heavy atom. The second-order valence-electron chi connectivity index (χ2n) is 5.72. The van der Waals surface area contributed by atoms with Crippen LogP contribution in [0.15, 0.2) is 48.5 Å². The molecule has 0 bridgehead atoms. The van der Waals surface area contributed by atoms with Gasteiger partial charge in [0.05, 0.1) is 6.54 Å². The highest BCUT2D eigenvalue weighted by Gasteiger charge is 2.39. The standard InChI is InChI=1S/C19H15NO4/c21-11-14-3-1-13(2-4-14)9-17-18(23)10-20(19(17)24)16-7-5-15(12-22)6-8-16/h1-8,11-12,17H,9-10H2. The van der Waals surface area contributed by atoms with Crippen molar-refractivity contribution in [2.45, 2.75) is 6.42 Å². The molecule has 0 aliphatic carbocycles. The van der Waals surface area contributed by atoms with Crippen molar-refractivity contribution in [2.75, 3.05) is 11.4 Å². The Morgan fingerprint density at radius 3 is 1.96 bits per heavy atom. The Bertz CT molecular complexity index is 793. The van der Waals surface area contributed by atoms with Crippen LogP contribution in [0.1, 0.15) is 26.3 Å². The number of amides is 1. The van der Waals surface area contributed by atoms with E-state index in [1.807, 2.05) is 0 Å². The third-order valence-corrected chi connectivity index (χ3v) is 4.16. The van der Waals surface area contributed by atoms with Crippen LogP contribution in [0.3, 0.4) is 0 Å². The lowest BCUT2D eigenvalue weighted by atomic mass is 9.96. The maximum atomic E-state index is 12.6. The van der Waals surface area contributed by atoms with E-state index in [0.29, 0.717) is 23.2 Å². The number of rotatable bonds is 5. The highest BCUT2D eigenvalue weighted by molar-refractivity contribution is 6.17. The van der Waals surface area contributed by atoms with Crippen molar-refractivity contribution >= 4 is 30.0 Å². The molecular weight excluding hydrogens is 306 g/mol. The molecule has 1 aliphatic heterocycles. The summed E-state index contributed by atoms with van der Waals surface area (Å²) >= 11 is 0. The van der Waals surface area contributed by atoms with Gasteiger partial charge in [-0.15, -0.1) is 0 Å².